The van der Waals surface area contributed by atoms with Crippen molar-refractivity contribution >= 4 is 11.4 Å². The van der Waals surface area contributed by atoms with Crippen LogP contribution in [0.15, 0.2) is 18.2 Å². The smallest absolute Gasteiger partial charge is 0.0603 e. The van der Waals surface area contributed by atoms with Crippen LogP contribution in [0.1, 0.15) is 12.5 Å². The van der Waals surface area contributed by atoms with E-state index in [2.05, 4.69) is 41.8 Å². The Kier molecular flexibility index (Phi) is 3.34. The van der Waals surface area contributed by atoms with Crippen molar-refractivity contribution in [2.24, 2.45) is 0 Å². The molecule has 0 atom stereocenters. The van der Waals surface area contributed by atoms with Crippen molar-refractivity contribution in [3.63, 3.8) is 0 Å². The highest BCUT2D eigenvalue weighted by molar-refractivity contribution is 5.71. The van der Waals surface area contributed by atoms with E-state index < -0.39 is 0 Å². The number of hydrogen-bond acceptors (Lipinski definition) is 3. The standard InChI is InChI=1S/C13H21N3/c1-3-15-7-9-16(10-8-15)12-6-4-5-11(2)13(12)14/h4-6H,3,7-10,14H2,1-2H3. The summed E-state index contributed by atoms with van der Waals surface area (Å²) in [6.45, 7) is 9.89. The van der Waals surface area contributed by atoms with Crippen LogP contribution in [0.5, 0.6) is 0 Å². The normalized spacial score (nSPS) is 17.8. The Hall–Kier alpha value is -1.22. The summed E-state index contributed by atoms with van der Waals surface area (Å²) in [5, 5.41) is 0. The van der Waals surface area contributed by atoms with E-state index in [0.717, 1.165) is 38.4 Å². The average Bonchev–Trinajstić information content (AvgIpc) is 2.33. The Balaban J connectivity index is 2.11. The summed E-state index contributed by atoms with van der Waals surface area (Å²) in [5.74, 6) is 0. The highest BCUT2D eigenvalue weighted by Crippen LogP contribution is 2.26. The summed E-state index contributed by atoms with van der Waals surface area (Å²) in [6, 6.07) is 6.29. The largest absolute Gasteiger partial charge is 0.397 e. The fourth-order valence-electron chi connectivity index (χ4n) is 2.25. The minimum absolute atomic E-state index is 0.937. The van der Waals surface area contributed by atoms with Crippen molar-refractivity contribution in [3.05, 3.63) is 23.8 Å². The molecule has 0 aliphatic carbocycles. The van der Waals surface area contributed by atoms with E-state index in [1.165, 1.54) is 11.3 Å². The molecule has 1 heterocycles. The van der Waals surface area contributed by atoms with Crippen LogP contribution in [0.3, 0.4) is 0 Å². The molecule has 1 saturated heterocycles. The van der Waals surface area contributed by atoms with Crippen molar-refractivity contribution in [2.45, 2.75) is 13.8 Å². The number of nitrogens with zero attached hydrogens (tertiary/aromatic N) is 2. The minimum atomic E-state index is 0.937. The van der Waals surface area contributed by atoms with Gasteiger partial charge in [0.1, 0.15) is 0 Å². The van der Waals surface area contributed by atoms with Crippen molar-refractivity contribution < 1.29 is 0 Å². The van der Waals surface area contributed by atoms with Gasteiger partial charge in [-0.3, -0.25) is 0 Å². The molecule has 3 nitrogen and oxygen atoms in total. The fraction of sp³-hybridized carbons (Fsp3) is 0.538. The van der Waals surface area contributed by atoms with Crippen LogP contribution in [0.4, 0.5) is 11.4 Å². The lowest BCUT2D eigenvalue weighted by molar-refractivity contribution is 0.271. The average molecular weight is 219 g/mol. The predicted octanol–water partition coefficient (Wildman–Crippen LogP) is 1.72. The third-order valence-electron chi connectivity index (χ3n) is 3.46. The van der Waals surface area contributed by atoms with E-state index in [0.29, 0.717) is 0 Å². The fourth-order valence-corrected chi connectivity index (χ4v) is 2.25. The molecule has 88 valence electrons. The monoisotopic (exact) mass is 219 g/mol. The summed E-state index contributed by atoms with van der Waals surface area (Å²) in [4.78, 5) is 4.87. The van der Waals surface area contributed by atoms with Gasteiger partial charge in [-0.1, -0.05) is 19.1 Å². The first-order chi connectivity index (χ1) is 7.72. The van der Waals surface area contributed by atoms with Crippen LogP contribution in [0.25, 0.3) is 0 Å². The number of rotatable bonds is 2. The number of aryl methyl sites for hydroxylation is 1. The van der Waals surface area contributed by atoms with Crippen LogP contribution in [0.2, 0.25) is 0 Å². The molecule has 1 aliphatic heterocycles. The molecule has 16 heavy (non-hydrogen) atoms. The zero-order valence-electron chi connectivity index (χ0n) is 10.2. The second kappa shape index (κ2) is 4.74. The van der Waals surface area contributed by atoms with E-state index in [-0.39, 0.29) is 0 Å². The lowest BCUT2D eigenvalue weighted by Crippen LogP contribution is -2.46. The third kappa shape index (κ3) is 2.14. The molecule has 0 unspecified atom stereocenters. The van der Waals surface area contributed by atoms with Gasteiger partial charge in [0.15, 0.2) is 0 Å². The second-order valence-electron chi connectivity index (χ2n) is 4.43. The topological polar surface area (TPSA) is 32.5 Å². The first-order valence-corrected chi connectivity index (χ1v) is 6.04. The Bertz CT molecular complexity index is 354. The summed E-state index contributed by atoms with van der Waals surface area (Å²) in [5.41, 5.74) is 9.44. The number of likely N-dealkylation sites (N-methyl/N-ethyl adjacent to an activating group) is 1. The van der Waals surface area contributed by atoms with Crippen molar-refractivity contribution in [1.82, 2.24) is 4.90 Å². The maximum absolute atomic E-state index is 6.13. The van der Waals surface area contributed by atoms with Crippen LogP contribution in [-0.2, 0) is 0 Å². The number of hydrogen-bond donors (Lipinski definition) is 1. The third-order valence-corrected chi connectivity index (χ3v) is 3.46. The van der Waals surface area contributed by atoms with Gasteiger partial charge in [0, 0.05) is 26.2 Å². The Labute approximate surface area is 97.8 Å². The number of piperazine rings is 1. The Morgan fingerprint density at radius 2 is 1.88 bits per heavy atom. The summed E-state index contributed by atoms with van der Waals surface area (Å²) >= 11 is 0. The van der Waals surface area contributed by atoms with Gasteiger partial charge in [-0.05, 0) is 25.1 Å². The van der Waals surface area contributed by atoms with Gasteiger partial charge in [0.05, 0.1) is 11.4 Å². The molecule has 1 aromatic rings. The van der Waals surface area contributed by atoms with E-state index in [1.54, 1.807) is 0 Å². The molecule has 2 N–H and O–H groups in total. The zero-order valence-corrected chi connectivity index (χ0v) is 10.2. The van der Waals surface area contributed by atoms with Crippen molar-refractivity contribution in [1.29, 1.82) is 0 Å². The van der Waals surface area contributed by atoms with E-state index >= 15 is 0 Å². The number of para-hydroxylation sites is 1. The van der Waals surface area contributed by atoms with Crippen LogP contribution in [-0.4, -0.2) is 37.6 Å². The number of benzene rings is 1. The zero-order chi connectivity index (χ0) is 11.5. The highest BCUT2D eigenvalue weighted by atomic mass is 15.3. The molecular weight excluding hydrogens is 198 g/mol. The quantitative estimate of drug-likeness (QED) is 0.769. The van der Waals surface area contributed by atoms with Gasteiger partial charge in [-0.2, -0.15) is 0 Å². The Morgan fingerprint density at radius 3 is 2.50 bits per heavy atom. The number of nitrogen functional groups attached to an aromatic ring is 1. The van der Waals surface area contributed by atoms with Crippen LogP contribution < -0.4 is 10.6 Å². The molecule has 2 rings (SSSR count). The molecule has 1 aromatic carbocycles. The number of nitrogens with two attached hydrogens (primary N) is 1. The van der Waals surface area contributed by atoms with Crippen LogP contribution in [0, 0.1) is 6.92 Å². The van der Waals surface area contributed by atoms with Crippen molar-refractivity contribution in [3.8, 4) is 0 Å². The summed E-state index contributed by atoms with van der Waals surface area (Å²) < 4.78 is 0. The lowest BCUT2D eigenvalue weighted by atomic mass is 10.1. The van der Waals surface area contributed by atoms with Gasteiger partial charge in [0.25, 0.3) is 0 Å². The Morgan fingerprint density at radius 1 is 1.19 bits per heavy atom. The minimum Gasteiger partial charge on any atom is -0.397 e. The maximum Gasteiger partial charge on any atom is 0.0603 e. The van der Waals surface area contributed by atoms with E-state index in [4.69, 9.17) is 5.73 Å². The maximum atomic E-state index is 6.13. The highest BCUT2D eigenvalue weighted by Gasteiger charge is 2.17. The first-order valence-electron chi connectivity index (χ1n) is 6.04. The second-order valence-corrected chi connectivity index (χ2v) is 4.43. The van der Waals surface area contributed by atoms with Gasteiger partial charge in [0.2, 0.25) is 0 Å². The molecular formula is C13H21N3. The molecule has 1 fully saturated rings. The van der Waals surface area contributed by atoms with Gasteiger partial charge < -0.3 is 15.5 Å². The van der Waals surface area contributed by atoms with E-state index in [9.17, 15) is 0 Å². The van der Waals surface area contributed by atoms with Gasteiger partial charge in [-0.15, -0.1) is 0 Å². The van der Waals surface area contributed by atoms with Gasteiger partial charge in [-0.25, -0.2) is 0 Å². The number of anilines is 2. The molecule has 0 aromatic heterocycles. The lowest BCUT2D eigenvalue weighted by Gasteiger charge is -2.36. The van der Waals surface area contributed by atoms with Gasteiger partial charge >= 0.3 is 0 Å². The molecule has 0 amide bonds. The molecule has 0 saturated carbocycles. The summed E-state index contributed by atoms with van der Waals surface area (Å²) in [6.07, 6.45) is 0. The molecule has 0 spiro atoms. The predicted molar refractivity (Wildman–Crippen MR) is 69.9 cm³/mol. The molecule has 1 aliphatic rings. The van der Waals surface area contributed by atoms with Crippen molar-refractivity contribution in [2.75, 3.05) is 43.4 Å². The van der Waals surface area contributed by atoms with Crippen LogP contribution >= 0.6 is 0 Å². The first kappa shape index (κ1) is 11.3. The molecule has 0 bridgehead atoms. The summed E-state index contributed by atoms with van der Waals surface area (Å²) in [7, 11) is 0. The van der Waals surface area contributed by atoms with E-state index in [1.807, 2.05) is 0 Å². The molecule has 0 radical (unpaired) electrons. The molecule has 3 heteroatoms. The SMILES string of the molecule is CCN1CCN(c2cccc(C)c2N)CC1.